The van der Waals surface area contributed by atoms with Gasteiger partial charge < -0.3 is 4.98 Å². The molecule has 0 saturated heterocycles. The average molecular weight is 426 g/mol. The van der Waals surface area contributed by atoms with Crippen LogP contribution in [0.5, 0.6) is 0 Å². The molecule has 4 aromatic rings. The zero-order chi connectivity index (χ0) is 21.8. The number of thiophene rings is 1. The lowest BCUT2D eigenvalue weighted by atomic mass is 10.00. The van der Waals surface area contributed by atoms with Crippen molar-refractivity contribution < 1.29 is 0 Å². The van der Waals surface area contributed by atoms with E-state index in [1.54, 1.807) is 29.9 Å². The van der Waals surface area contributed by atoms with Crippen molar-refractivity contribution in [3.63, 3.8) is 0 Å². The number of hydrogen-bond acceptors (Lipinski definition) is 4. The highest BCUT2D eigenvalue weighted by Crippen LogP contribution is 2.30. The van der Waals surface area contributed by atoms with Gasteiger partial charge in [-0.3, -0.25) is 15.1 Å². The highest BCUT2D eigenvalue weighted by atomic mass is 32.1. The zero-order valence-corrected chi connectivity index (χ0v) is 18.3. The Morgan fingerprint density at radius 2 is 2.10 bits per heavy atom. The maximum absolute atomic E-state index is 4.51. The summed E-state index contributed by atoms with van der Waals surface area (Å²) in [6.45, 7) is 12.2. The van der Waals surface area contributed by atoms with Gasteiger partial charge >= 0.3 is 0 Å². The molecular formula is C25H23N5S. The highest BCUT2D eigenvalue weighted by Gasteiger charge is 2.14. The molecule has 0 bridgehead atoms. The van der Waals surface area contributed by atoms with Crippen molar-refractivity contribution >= 4 is 35.1 Å². The van der Waals surface area contributed by atoms with E-state index in [1.165, 1.54) is 5.56 Å². The predicted molar refractivity (Wildman–Crippen MR) is 130 cm³/mol. The molecular weight excluding hydrogens is 402 g/mol. The van der Waals surface area contributed by atoms with Crippen LogP contribution < -0.4 is 10.6 Å². The second-order valence-corrected chi connectivity index (χ2v) is 7.90. The van der Waals surface area contributed by atoms with Crippen molar-refractivity contribution in [2.24, 2.45) is 0 Å². The van der Waals surface area contributed by atoms with Crippen molar-refractivity contribution in [2.45, 2.75) is 13.8 Å². The molecule has 0 atom stereocenters. The van der Waals surface area contributed by atoms with Gasteiger partial charge in [0.15, 0.2) is 0 Å². The van der Waals surface area contributed by atoms with Crippen molar-refractivity contribution in [3.05, 3.63) is 99.4 Å². The normalized spacial score (nSPS) is 13.0. The van der Waals surface area contributed by atoms with Gasteiger partial charge in [-0.2, -0.15) is 16.4 Å². The number of hydrogen-bond donors (Lipinski definition) is 2. The first-order chi connectivity index (χ1) is 15.1. The fraction of sp³-hybridized carbons (Fsp3) is 0.0800. The van der Waals surface area contributed by atoms with Gasteiger partial charge in [0.2, 0.25) is 0 Å². The fourth-order valence-electron chi connectivity index (χ4n) is 3.38. The van der Waals surface area contributed by atoms with Crippen molar-refractivity contribution in [2.75, 3.05) is 0 Å². The van der Waals surface area contributed by atoms with E-state index < -0.39 is 0 Å². The molecule has 0 aliphatic heterocycles. The summed E-state index contributed by atoms with van der Waals surface area (Å²) in [7, 11) is 0. The van der Waals surface area contributed by atoms with Crippen LogP contribution in [0.1, 0.15) is 29.4 Å². The third-order valence-electron chi connectivity index (χ3n) is 5.04. The molecule has 0 amide bonds. The Morgan fingerprint density at radius 1 is 1.23 bits per heavy atom. The smallest absolute Gasteiger partial charge is 0.116 e. The Labute approximate surface area is 184 Å². The minimum atomic E-state index is 0.800. The number of nitrogens with one attached hydrogen (secondary N) is 2. The molecule has 0 aliphatic rings. The first-order valence-corrected chi connectivity index (χ1v) is 10.8. The first kappa shape index (κ1) is 20.5. The highest BCUT2D eigenvalue weighted by molar-refractivity contribution is 7.08. The molecule has 0 spiro atoms. The van der Waals surface area contributed by atoms with Crippen molar-refractivity contribution in [3.8, 4) is 11.4 Å². The van der Waals surface area contributed by atoms with E-state index in [0.29, 0.717) is 0 Å². The summed E-state index contributed by atoms with van der Waals surface area (Å²) >= 11 is 1.68. The molecule has 5 nitrogen and oxygen atoms in total. The summed E-state index contributed by atoms with van der Waals surface area (Å²) in [6, 6.07) is 4.24. The molecule has 0 aromatic carbocycles. The van der Waals surface area contributed by atoms with Crippen LogP contribution in [0.2, 0.25) is 0 Å². The van der Waals surface area contributed by atoms with Gasteiger partial charge in [0.25, 0.3) is 0 Å². The second-order valence-electron chi connectivity index (χ2n) is 7.12. The van der Waals surface area contributed by atoms with Crippen molar-refractivity contribution in [1.82, 2.24) is 25.1 Å². The molecule has 4 heterocycles. The molecule has 0 saturated carbocycles. The molecule has 0 radical (unpaired) electrons. The second kappa shape index (κ2) is 8.93. The van der Waals surface area contributed by atoms with Crippen LogP contribution in [-0.4, -0.2) is 25.1 Å². The third kappa shape index (κ3) is 4.25. The predicted octanol–water partition coefficient (Wildman–Crippen LogP) is 4.48. The summed E-state index contributed by atoms with van der Waals surface area (Å²) in [5, 5.41) is 13.5. The SMILES string of the molecule is C=C/C=C(/c1ccsc1)c1cc(-c2n[nH]/c(=C/C=C(\C)c3cnccn3)c2=C)[nH]c1C. The number of aromatic amines is 2. The van der Waals surface area contributed by atoms with E-state index in [-0.39, 0.29) is 0 Å². The van der Waals surface area contributed by atoms with E-state index in [2.05, 4.69) is 68.1 Å². The molecule has 31 heavy (non-hydrogen) atoms. The summed E-state index contributed by atoms with van der Waals surface area (Å²) in [5.74, 6) is 0. The zero-order valence-electron chi connectivity index (χ0n) is 17.5. The summed E-state index contributed by atoms with van der Waals surface area (Å²) in [4.78, 5) is 11.9. The van der Waals surface area contributed by atoms with Crippen LogP contribution in [-0.2, 0) is 0 Å². The lowest BCUT2D eigenvalue weighted by Crippen LogP contribution is -2.21. The Balaban J connectivity index is 1.71. The van der Waals surface area contributed by atoms with Gasteiger partial charge in [0.05, 0.1) is 22.9 Å². The lowest BCUT2D eigenvalue weighted by Gasteiger charge is -2.03. The Morgan fingerprint density at radius 3 is 2.81 bits per heavy atom. The van der Waals surface area contributed by atoms with Gasteiger partial charge in [-0.05, 0) is 59.5 Å². The van der Waals surface area contributed by atoms with E-state index in [1.807, 2.05) is 31.2 Å². The molecule has 0 fully saturated rings. The van der Waals surface area contributed by atoms with Gasteiger partial charge in [-0.15, -0.1) is 0 Å². The number of aromatic nitrogens is 5. The van der Waals surface area contributed by atoms with E-state index in [9.17, 15) is 0 Å². The number of allylic oxidation sites excluding steroid dienone is 4. The first-order valence-electron chi connectivity index (χ1n) is 9.82. The molecule has 0 unspecified atom stereocenters. The quantitative estimate of drug-likeness (QED) is 0.448. The minimum absolute atomic E-state index is 0.800. The largest absolute Gasteiger partial charge is 0.357 e. The van der Waals surface area contributed by atoms with E-state index in [0.717, 1.165) is 50.1 Å². The molecule has 2 N–H and O–H groups in total. The third-order valence-corrected chi connectivity index (χ3v) is 5.73. The molecule has 4 rings (SSSR count). The van der Waals surface area contributed by atoms with Gasteiger partial charge in [-0.25, -0.2) is 0 Å². The lowest BCUT2D eigenvalue weighted by molar-refractivity contribution is 1.06. The summed E-state index contributed by atoms with van der Waals surface area (Å²) in [5.41, 5.74) is 8.07. The number of rotatable bonds is 6. The molecule has 154 valence electrons. The van der Waals surface area contributed by atoms with Crippen LogP contribution in [0, 0.1) is 6.92 Å². The topological polar surface area (TPSA) is 70.2 Å². The van der Waals surface area contributed by atoms with Crippen molar-refractivity contribution in [1.29, 1.82) is 0 Å². The molecule has 0 aliphatic carbocycles. The fourth-order valence-corrected chi connectivity index (χ4v) is 4.03. The van der Waals surface area contributed by atoms with Crippen LogP contribution in [0.25, 0.3) is 35.2 Å². The number of nitrogens with zero attached hydrogens (tertiary/aromatic N) is 3. The average Bonchev–Trinajstić information content (AvgIpc) is 3.52. The maximum atomic E-state index is 4.51. The Bertz CT molecular complexity index is 1370. The minimum Gasteiger partial charge on any atom is -0.357 e. The maximum Gasteiger partial charge on any atom is 0.116 e. The Kier molecular flexibility index (Phi) is 5.91. The van der Waals surface area contributed by atoms with Gasteiger partial charge in [0, 0.05) is 28.9 Å². The Hall–Kier alpha value is -3.77. The monoisotopic (exact) mass is 425 g/mol. The van der Waals surface area contributed by atoms with Gasteiger partial charge in [0.1, 0.15) is 5.69 Å². The molecule has 4 aromatic heterocycles. The van der Waals surface area contributed by atoms with E-state index >= 15 is 0 Å². The number of H-pyrrole nitrogens is 2. The van der Waals surface area contributed by atoms with Gasteiger partial charge in [-0.1, -0.05) is 31.4 Å². The standard InChI is InChI=1S/C25H23N5S/c1-5-6-20(19-9-12-31-15-19)21-13-23(28-18(21)4)25-17(3)22(29-30-25)8-7-16(2)24-14-26-10-11-27-24/h5-15,28-29H,1,3H2,2,4H3/b16-7+,20-6-,22-8+. The van der Waals surface area contributed by atoms with Crippen LogP contribution in [0.4, 0.5) is 0 Å². The van der Waals surface area contributed by atoms with Crippen LogP contribution >= 0.6 is 11.3 Å². The van der Waals surface area contributed by atoms with Crippen LogP contribution in [0.15, 0.2) is 66.3 Å². The van der Waals surface area contributed by atoms with Crippen LogP contribution in [0.3, 0.4) is 0 Å². The summed E-state index contributed by atoms with van der Waals surface area (Å²) < 4.78 is 0. The number of aryl methyl sites for hydroxylation is 1. The van der Waals surface area contributed by atoms with E-state index in [4.69, 9.17) is 0 Å². The summed E-state index contributed by atoms with van der Waals surface area (Å²) in [6.07, 6.45) is 12.9. The molecule has 6 heteroatoms.